The molecule has 0 spiro atoms. The van der Waals surface area contributed by atoms with E-state index >= 15 is 0 Å². The highest BCUT2D eigenvalue weighted by Crippen LogP contribution is 2.21. The Hall–Kier alpha value is -2.34. The minimum Gasteiger partial charge on any atom is -0.464 e. The van der Waals surface area contributed by atoms with E-state index in [4.69, 9.17) is 11.5 Å². The molecule has 0 aliphatic heterocycles. The lowest BCUT2D eigenvalue weighted by Gasteiger charge is -2.09. The fourth-order valence-corrected chi connectivity index (χ4v) is 2.17. The van der Waals surface area contributed by atoms with E-state index < -0.39 is 5.97 Å². The third-order valence-electron chi connectivity index (χ3n) is 3.16. The number of esters is 1. The monoisotopic (exact) mass is 275 g/mol. The van der Waals surface area contributed by atoms with Gasteiger partial charge in [0, 0.05) is 6.07 Å². The zero-order valence-corrected chi connectivity index (χ0v) is 11.2. The van der Waals surface area contributed by atoms with E-state index in [2.05, 4.69) is 9.72 Å². The summed E-state index contributed by atoms with van der Waals surface area (Å²) in [5.74, 6) is -0.601. The largest absolute Gasteiger partial charge is 0.464 e. The first-order chi connectivity index (χ1) is 9.58. The van der Waals surface area contributed by atoms with E-state index in [0.29, 0.717) is 29.6 Å². The van der Waals surface area contributed by atoms with Gasteiger partial charge in [-0.05, 0) is 31.0 Å². The van der Waals surface area contributed by atoms with Crippen molar-refractivity contribution in [3.8, 4) is 0 Å². The van der Waals surface area contributed by atoms with Gasteiger partial charge >= 0.3 is 5.97 Å². The van der Waals surface area contributed by atoms with Crippen molar-refractivity contribution in [1.29, 1.82) is 0 Å². The number of nitrogens with two attached hydrogens (primary N) is 2. The Kier molecular flexibility index (Phi) is 4.05. The molecular formula is C14H17N3O3. The number of hydrogen-bond donors (Lipinski definition) is 3. The van der Waals surface area contributed by atoms with Gasteiger partial charge in [0.15, 0.2) is 5.43 Å². The molecule has 2 aromatic rings. The maximum absolute atomic E-state index is 12.2. The average Bonchev–Trinajstić information content (AvgIpc) is 2.46. The third-order valence-corrected chi connectivity index (χ3v) is 3.16. The van der Waals surface area contributed by atoms with Crippen LogP contribution < -0.4 is 16.9 Å². The molecule has 2 rings (SSSR count). The molecule has 1 aromatic carbocycles. The van der Waals surface area contributed by atoms with Crippen molar-refractivity contribution in [1.82, 2.24) is 4.98 Å². The zero-order valence-electron chi connectivity index (χ0n) is 11.2. The van der Waals surface area contributed by atoms with Gasteiger partial charge in [0.2, 0.25) is 0 Å². The number of carbonyl (C=O) groups excluding carboxylic acids is 1. The molecule has 5 N–H and O–H groups in total. The molecular weight excluding hydrogens is 258 g/mol. The lowest BCUT2D eigenvalue weighted by atomic mass is 10.0. The molecule has 106 valence electrons. The van der Waals surface area contributed by atoms with Gasteiger partial charge in [0.1, 0.15) is 5.69 Å². The van der Waals surface area contributed by atoms with Crippen molar-refractivity contribution in [3.05, 3.63) is 39.7 Å². The zero-order chi connectivity index (χ0) is 14.7. The van der Waals surface area contributed by atoms with Crippen molar-refractivity contribution < 1.29 is 9.53 Å². The van der Waals surface area contributed by atoms with Crippen molar-refractivity contribution in [2.24, 2.45) is 5.73 Å². The van der Waals surface area contributed by atoms with E-state index in [9.17, 15) is 9.59 Å². The Morgan fingerprint density at radius 3 is 2.80 bits per heavy atom. The first kappa shape index (κ1) is 14.1. The fourth-order valence-electron chi connectivity index (χ4n) is 2.17. The standard InChI is InChI=1S/C14H17N3O3/c1-20-14(19)10-7-11(18)12-8(3-2-6-15)4-5-9(16)13(12)17-10/h4-5,7H,2-3,6,15-16H2,1H3,(H,17,18). The van der Waals surface area contributed by atoms with Crippen LogP contribution in [0.4, 0.5) is 5.69 Å². The molecule has 1 heterocycles. The Bertz CT molecular complexity index is 707. The van der Waals surface area contributed by atoms with E-state index in [1.807, 2.05) is 6.07 Å². The highest BCUT2D eigenvalue weighted by molar-refractivity contribution is 5.96. The number of aryl methyl sites for hydroxylation is 1. The minimum atomic E-state index is -0.601. The number of carbonyl (C=O) groups is 1. The van der Waals surface area contributed by atoms with Crippen LogP contribution in [0, 0.1) is 0 Å². The number of anilines is 1. The minimum absolute atomic E-state index is 0.0904. The molecule has 0 amide bonds. The summed E-state index contributed by atoms with van der Waals surface area (Å²) in [6, 6.07) is 4.77. The van der Waals surface area contributed by atoms with Crippen LogP contribution in [0.3, 0.4) is 0 Å². The predicted molar refractivity (Wildman–Crippen MR) is 77.7 cm³/mol. The van der Waals surface area contributed by atoms with E-state index in [1.54, 1.807) is 6.07 Å². The molecule has 20 heavy (non-hydrogen) atoms. The van der Waals surface area contributed by atoms with Gasteiger partial charge in [-0.3, -0.25) is 4.79 Å². The number of ether oxygens (including phenoxy) is 1. The number of benzene rings is 1. The molecule has 0 atom stereocenters. The first-order valence-corrected chi connectivity index (χ1v) is 6.31. The molecule has 0 saturated carbocycles. The lowest BCUT2D eigenvalue weighted by molar-refractivity contribution is 0.0594. The quantitative estimate of drug-likeness (QED) is 0.564. The summed E-state index contributed by atoms with van der Waals surface area (Å²) in [4.78, 5) is 26.6. The number of hydrogen-bond acceptors (Lipinski definition) is 5. The molecule has 6 nitrogen and oxygen atoms in total. The molecule has 0 fully saturated rings. The van der Waals surface area contributed by atoms with Crippen LogP contribution in [-0.2, 0) is 11.2 Å². The van der Waals surface area contributed by atoms with Crippen LogP contribution in [0.15, 0.2) is 23.0 Å². The van der Waals surface area contributed by atoms with Gasteiger partial charge < -0.3 is 21.2 Å². The first-order valence-electron chi connectivity index (χ1n) is 6.31. The second-order valence-corrected chi connectivity index (χ2v) is 4.49. The Labute approximate surface area is 115 Å². The predicted octanol–water partition coefficient (Wildman–Crippen LogP) is 0.788. The lowest BCUT2D eigenvalue weighted by Crippen LogP contribution is -2.14. The number of fused-ring (bicyclic) bond motifs is 1. The van der Waals surface area contributed by atoms with Crippen molar-refractivity contribution in [3.63, 3.8) is 0 Å². The maximum atomic E-state index is 12.2. The van der Waals surface area contributed by atoms with Crippen LogP contribution in [0.1, 0.15) is 22.5 Å². The number of H-pyrrole nitrogens is 1. The number of nitrogen functional groups attached to an aromatic ring is 1. The van der Waals surface area contributed by atoms with Crippen LogP contribution in [-0.4, -0.2) is 24.6 Å². The smallest absolute Gasteiger partial charge is 0.354 e. The van der Waals surface area contributed by atoms with Gasteiger partial charge in [0.25, 0.3) is 0 Å². The number of methoxy groups -OCH3 is 1. The Morgan fingerprint density at radius 1 is 1.40 bits per heavy atom. The van der Waals surface area contributed by atoms with Crippen LogP contribution >= 0.6 is 0 Å². The number of aromatic nitrogens is 1. The van der Waals surface area contributed by atoms with Crippen LogP contribution in [0.25, 0.3) is 10.9 Å². The number of rotatable bonds is 4. The molecule has 0 aliphatic rings. The van der Waals surface area contributed by atoms with Gasteiger partial charge in [-0.2, -0.15) is 0 Å². The maximum Gasteiger partial charge on any atom is 0.354 e. The van der Waals surface area contributed by atoms with E-state index in [0.717, 1.165) is 12.0 Å². The van der Waals surface area contributed by atoms with Crippen LogP contribution in [0.5, 0.6) is 0 Å². The summed E-state index contributed by atoms with van der Waals surface area (Å²) in [6.45, 7) is 0.546. The van der Waals surface area contributed by atoms with Gasteiger partial charge in [-0.25, -0.2) is 4.79 Å². The van der Waals surface area contributed by atoms with Gasteiger partial charge in [0.05, 0.1) is 23.7 Å². The summed E-state index contributed by atoms with van der Waals surface area (Å²) >= 11 is 0. The molecule has 0 bridgehead atoms. The SMILES string of the molecule is COC(=O)c1cc(=O)c2c(CCCN)ccc(N)c2[nH]1. The third kappa shape index (κ3) is 2.50. The van der Waals surface area contributed by atoms with E-state index in [-0.39, 0.29) is 11.1 Å². The summed E-state index contributed by atoms with van der Waals surface area (Å²) in [5, 5.41) is 0.506. The summed E-state index contributed by atoms with van der Waals surface area (Å²) < 4.78 is 4.61. The fraction of sp³-hybridized carbons (Fsp3) is 0.286. The van der Waals surface area contributed by atoms with Crippen molar-refractivity contribution >= 4 is 22.6 Å². The van der Waals surface area contributed by atoms with Crippen molar-refractivity contribution in [2.45, 2.75) is 12.8 Å². The highest BCUT2D eigenvalue weighted by Gasteiger charge is 2.13. The van der Waals surface area contributed by atoms with Gasteiger partial charge in [-0.15, -0.1) is 0 Å². The molecule has 0 radical (unpaired) electrons. The Morgan fingerprint density at radius 2 is 2.15 bits per heavy atom. The molecule has 6 heteroatoms. The molecule has 0 saturated heterocycles. The van der Waals surface area contributed by atoms with E-state index in [1.165, 1.54) is 13.2 Å². The van der Waals surface area contributed by atoms with Gasteiger partial charge in [-0.1, -0.05) is 6.07 Å². The normalized spacial score (nSPS) is 10.7. The van der Waals surface area contributed by atoms with Crippen molar-refractivity contribution in [2.75, 3.05) is 19.4 Å². The topological polar surface area (TPSA) is 111 Å². The number of nitrogens with one attached hydrogen (secondary N) is 1. The van der Waals surface area contributed by atoms with Crippen LogP contribution in [0.2, 0.25) is 0 Å². The Balaban J connectivity index is 2.68. The number of aromatic amines is 1. The molecule has 0 aliphatic carbocycles. The summed E-state index contributed by atoms with van der Waals surface area (Å²) in [6.07, 6.45) is 1.46. The highest BCUT2D eigenvalue weighted by atomic mass is 16.5. The summed E-state index contributed by atoms with van der Waals surface area (Å²) in [7, 11) is 1.26. The summed E-state index contributed by atoms with van der Waals surface area (Å²) in [5.41, 5.74) is 13.0. The average molecular weight is 275 g/mol. The second-order valence-electron chi connectivity index (χ2n) is 4.49. The molecule has 1 aromatic heterocycles. The molecule has 0 unspecified atom stereocenters. The second kappa shape index (κ2) is 5.75. The number of pyridine rings is 1.